The summed E-state index contributed by atoms with van der Waals surface area (Å²) in [5.41, 5.74) is 3.70. The number of aromatic amines is 1. The normalized spacial score (nSPS) is 13.3. The molecule has 8 nitrogen and oxygen atoms in total. The zero-order valence-corrected chi connectivity index (χ0v) is 20.8. The van der Waals surface area contributed by atoms with Crippen molar-refractivity contribution in [2.75, 3.05) is 27.3 Å². The molecule has 1 amide bonds. The van der Waals surface area contributed by atoms with E-state index in [0.29, 0.717) is 37.1 Å². The molecule has 0 saturated heterocycles. The molecule has 2 aromatic carbocycles. The lowest BCUT2D eigenvalue weighted by molar-refractivity contribution is 0.0946. The zero-order chi connectivity index (χ0) is 24.9. The first-order valence-electron chi connectivity index (χ1n) is 12.3. The Kier molecular flexibility index (Phi) is 7.23. The molecule has 2 aromatic heterocycles. The number of amides is 1. The zero-order valence-electron chi connectivity index (χ0n) is 20.8. The van der Waals surface area contributed by atoms with E-state index in [1.165, 1.54) is 30.1 Å². The molecule has 2 N–H and O–H groups in total. The van der Waals surface area contributed by atoms with Crippen LogP contribution >= 0.6 is 0 Å². The van der Waals surface area contributed by atoms with Crippen LogP contribution in [0.1, 0.15) is 40.3 Å². The highest BCUT2D eigenvalue weighted by atomic mass is 16.5. The molecule has 0 spiro atoms. The van der Waals surface area contributed by atoms with Crippen LogP contribution in [0.4, 0.5) is 0 Å². The van der Waals surface area contributed by atoms with Crippen molar-refractivity contribution in [1.82, 2.24) is 20.2 Å². The van der Waals surface area contributed by atoms with Crippen LogP contribution in [0.5, 0.6) is 11.5 Å². The summed E-state index contributed by atoms with van der Waals surface area (Å²) in [5, 5.41) is 4.17. The van der Waals surface area contributed by atoms with Gasteiger partial charge in [0.2, 0.25) is 5.89 Å². The van der Waals surface area contributed by atoms with Crippen LogP contribution in [0.25, 0.3) is 10.9 Å². The molecule has 0 aliphatic heterocycles. The quantitative estimate of drug-likeness (QED) is 0.304. The number of ether oxygens (including phenoxy) is 2. The minimum atomic E-state index is -0.184. The maximum absolute atomic E-state index is 12.4. The number of hydrogen-bond acceptors (Lipinski definition) is 6. The molecule has 36 heavy (non-hydrogen) atoms. The monoisotopic (exact) mass is 488 g/mol. The summed E-state index contributed by atoms with van der Waals surface area (Å²) in [4.78, 5) is 22.5. The lowest BCUT2D eigenvalue weighted by Gasteiger charge is -2.22. The first-order chi connectivity index (χ1) is 17.6. The van der Waals surface area contributed by atoms with Crippen LogP contribution in [0.2, 0.25) is 0 Å². The summed E-state index contributed by atoms with van der Waals surface area (Å²) in [6, 6.07) is 14.1. The number of benzene rings is 2. The van der Waals surface area contributed by atoms with E-state index in [1.807, 2.05) is 24.3 Å². The number of methoxy groups -OCH3 is 2. The highest BCUT2D eigenvalue weighted by Gasteiger charge is 2.23. The number of H-pyrrole nitrogens is 1. The minimum absolute atomic E-state index is 0.184. The summed E-state index contributed by atoms with van der Waals surface area (Å²) in [7, 11) is 3.32. The van der Waals surface area contributed by atoms with Crippen molar-refractivity contribution in [3.05, 3.63) is 77.6 Å². The van der Waals surface area contributed by atoms with Gasteiger partial charge in [0.1, 0.15) is 17.8 Å². The molecule has 2 heterocycles. The second kappa shape index (κ2) is 10.9. The molecule has 188 valence electrons. The van der Waals surface area contributed by atoms with Crippen LogP contribution in [0.3, 0.4) is 0 Å². The van der Waals surface area contributed by atoms with Crippen molar-refractivity contribution in [2.24, 2.45) is 5.92 Å². The lowest BCUT2D eigenvalue weighted by atomic mass is 10.1. The van der Waals surface area contributed by atoms with Crippen molar-refractivity contribution in [2.45, 2.75) is 32.4 Å². The minimum Gasteiger partial charge on any atom is -0.497 e. The molecule has 0 bridgehead atoms. The Morgan fingerprint density at radius 2 is 2.00 bits per heavy atom. The molecule has 1 fully saturated rings. The fourth-order valence-corrected chi connectivity index (χ4v) is 4.41. The SMILES string of the molecule is COc1ccc(OC)c(CN(CCc2c[nH]c3ccccc23)Cc2nc(C(=O)NCC3CC3)co2)c1. The van der Waals surface area contributed by atoms with E-state index in [4.69, 9.17) is 13.9 Å². The molecule has 8 heteroatoms. The molecule has 0 atom stereocenters. The Balaban J connectivity index is 1.33. The van der Waals surface area contributed by atoms with Crippen LogP contribution in [-0.2, 0) is 19.5 Å². The van der Waals surface area contributed by atoms with Gasteiger partial charge in [-0.2, -0.15) is 0 Å². The van der Waals surface area contributed by atoms with Gasteiger partial charge in [-0.05, 0) is 55.0 Å². The number of nitrogens with zero attached hydrogens (tertiary/aromatic N) is 2. The van der Waals surface area contributed by atoms with Crippen molar-refractivity contribution in [3.63, 3.8) is 0 Å². The average molecular weight is 489 g/mol. The van der Waals surface area contributed by atoms with E-state index in [2.05, 4.69) is 44.6 Å². The fraction of sp³-hybridized carbons (Fsp3) is 0.357. The summed E-state index contributed by atoms with van der Waals surface area (Å²) in [5.74, 6) is 2.50. The Bertz CT molecular complexity index is 1320. The number of oxazole rings is 1. The van der Waals surface area contributed by atoms with Gasteiger partial charge in [-0.1, -0.05) is 18.2 Å². The summed E-state index contributed by atoms with van der Waals surface area (Å²) in [6.07, 6.45) is 6.72. The maximum atomic E-state index is 12.4. The summed E-state index contributed by atoms with van der Waals surface area (Å²) in [6.45, 7) is 2.52. The third kappa shape index (κ3) is 5.71. The van der Waals surface area contributed by atoms with E-state index in [0.717, 1.165) is 35.5 Å². The number of nitrogens with one attached hydrogen (secondary N) is 2. The number of hydrogen-bond donors (Lipinski definition) is 2. The first kappa shape index (κ1) is 23.9. The fourth-order valence-electron chi connectivity index (χ4n) is 4.41. The van der Waals surface area contributed by atoms with E-state index in [-0.39, 0.29) is 5.91 Å². The second-order valence-electron chi connectivity index (χ2n) is 9.28. The highest BCUT2D eigenvalue weighted by molar-refractivity contribution is 5.91. The Hall–Kier alpha value is -3.78. The number of rotatable bonds is 12. The number of carbonyl (C=O) groups excluding carboxylic acids is 1. The van der Waals surface area contributed by atoms with Crippen LogP contribution in [-0.4, -0.2) is 48.1 Å². The van der Waals surface area contributed by atoms with E-state index < -0.39 is 0 Å². The van der Waals surface area contributed by atoms with E-state index in [1.54, 1.807) is 14.2 Å². The summed E-state index contributed by atoms with van der Waals surface area (Å²) < 4.78 is 16.8. The Morgan fingerprint density at radius 1 is 1.14 bits per heavy atom. The van der Waals surface area contributed by atoms with Gasteiger partial charge in [-0.3, -0.25) is 9.69 Å². The van der Waals surface area contributed by atoms with Crippen LogP contribution < -0.4 is 14.8 Å². The number of para-hydroxylation sites is 1. The number of fused-ring (bicyclic) bond motifs is 1. The third-order valence-corrected chi connectivity index (χ3v) is 6.65. The lowest BCUT2D eigenvalue weighted by Crippen LogP contribution is -2.27. The first-order valence-corrected chi connectivity index (χ1v) is 12.3. The molecule has 5 rings (SSSR count). The van der Waals surface area contributed by atoms with Crippen LogP contribution in [0, 0.1) is 5.92 Å². The van der Waals surface area contributed by atoms with Crippen molar-refractivity contribution < 1.29 is 18.7 Å². The average Bonchev–Trinajstić information content (AvgIpc) is 3.47. The molecule has 0 radical (unpaired) electrons. The topological polar surface area (TPSA) is 92.6 Å². The number of carbonyl (C=O) groups is 1. The Morgan fingerprint density at radius 3 is 2.81 bits per heavy atom. The van der Waals surface area contributed by atoms with E-state index in [9.17, 15) is 4.79 Å². The molecule has 4 aromatic rings. The largest absolute Gasteiger partial charge is 0.497 e. The van der Waals surface area contributed by atoms with Crippen molar-refractivity contribution in [3.8, 4) is 11.5 Å². The highest BCUT2D eigenvalue weighted by Crippen LogP contribution is 2.28. The number of aromatic nitrogens is 2. The predicted octanol–water partition coefficient (Wildman–Crippen LogP) is 4.56. The standard InChI is InChI=1S/C28H32N4O4/c1-34-22-9-10-26(35-2)21(13-22)16-32(12-11-20-15-29-24-6-4-3-5-23(20)24)17-27-31-25(18-36-27)28(33)30-14-19-7-8-19/h3-6,9-10,13,15,18-19,29H,7-8,11-12,14,16-17H2,1-2H3,(H,30,33). The van der Waals surface area contributed by atoms with Gasteiger partial charge >= 0.3 is 0 Å². The predicted molar refractivity (Wildman–Crippen MR) is 137 cm³/mol. The molecule has 1 aliphatic rings. The van der Waals surface area contributed by atoms with Gasteiger partial charge in [0, 0.05) is 42.3 Å². The van der Waals surface area contributed by atoms with Crippen LogP contribution in [0.15, 0.2) is 59.3 Å². The van der Waals surface area contributed by atoms with Crippen molar-refractivity contribution in [1.29, 1.82) is 0 Å². The second-order valence-corrected chi connectivity index (χ2v) is 9.28. The molecule has 1 saturated carbocycles. The van der Waals surface area contributed by atoms with Gasteiger partial charge in [0.15, 0.2) is 5.69 Å². The van der Waals surface area contributed by atoms with Gasteiger partial charge in [-0.15, -0.1) is 0 Å². The van der Waals surface area contributed by atoms with Gasteiger partial charge in [0.25, 0.3) is 5.91 Å². The molecular weight excluding hydrogens is 456 g/mol. The van der Waals surface area contributed by atoms with E-state index >= 15 is 0 Å². The van der Waals surface area contributed by atoms with Gasteiger partial charge in [-0.25, -0.2) is 4.98 Å². The van der Waals surface area contributed by atoms with Gasteiger partial charge in [0.05, 0.1) is 20.8 Å². The maximum Gasteiger partial charge on any atom is 0.273 e. The van der Waals surface area contributed by atoms with Gasteiger partial charge < -0.3 is 24.2 Å². The molecule has 0 unspecified atom stereocenters. The van der Waals surface area contributed by atoms with Crippen molar-refractivity contribution >= 4 is 16.8 Å². The molecule has 1 aliphatic carbocycles. The molecular formula is C28H32N4O4. The Labute approximate surface area is 210 Å². The summed E-state index contributed by atoms with van der Waals surface area (Å²) >= 11 is 0. The third-order valence-electron chi connectivity index (χ3n) is 6.65. The smallest absolute Gasteiger partial charge is 0.273 e.